The third kappa shape index (κ3) is 1.96. The summed E-state index contributed by atoms with van der Waals surface area (Å²) < 4.78 is 5.12. The Hall–Kier alpha value is -2.33. The van der Waals surface area contributed by atoms with Crippen LogP contribution >= 0.6 is 11.6 Å². The monoisotopic (exact) mass is 272 g/mol. The van der Waals surface area contributed by atoms with Crippen molar-refractivity contribution in [2.45, 2.75) is 0 Å². The van der Waals surface area contributed by atoms with Crippen molar-refractivity contribution in [3.8, 4) is 11.1 Å². The second kappa shape index (κ2) is 4.40. The van der Waals surface area contributed by atoms with Crippen molar-refractivity contribution in [1.82, 2.24) is 5.16 Å². The molecule has 3 aromatic rings. The van der Waals surface area contributed by atoms with E-state index in [0.717, 1.165) is 17.4 Å². The highest BCUT2D eigenvalue weighted by molar-refractivity contribution is 6.30. The van der Waals surface area contributed by atoms with Crippen LogP contribution in [0.25, 0.3) is 22.1 Å². The number of aldehydes is 1. The minimum absolute atomic E-state index is 0.222. The lowest BCUT2D eigenvalue weighted by Gasteiger charge is -2.03. The Balaban J connectivity index is 2.25. The number of hydrogen-bond acceptors (Lipinski definition) is 4. The summed E-state index contributed by atoms with van der Waals surface area (Å²) in [5.74, 6) is 0.222. The number of aromatic nitrogens is 1. The van der Waals surface area contributed by atoms with Gasteiger partial charge in [-0.25, -0.2) is 0 Å². The molecular weight excluding hydrogens is 264 g/mol. The van der Waals surface area contributed by atoms with Crippen molar-refractivity contribution < 1.29 is 9.32 Å². The van der Waals surface area contributed by atoms with Gasteiger partial charge >= 0.3 is 0 Å². The van der Waals surface area contributed by atoms with Crippen LogP contribution in [-0.2, 0) is 0 Å². The van der Waals surface area contributed by atoms with Gasteiger partial charge in [0.1, 0.15) is 0 Å². The molecule has 0 radical (unpaired) electrons. The van der Waals surface area contributed by atoms with Gasteiger partial charge in [0.2, 0.25) is 0 Å². The molecule has 2 N–H and O–H groups in total. The van der Waals surface area contributed by atoms with E-state index in [1.165, 1.54) is 0 Å². The van der Waals surface area contributed by atoms with E-state index < -0.39 is 0 Å². The van der Waals surface area contributed by atoms with Gasteiger partial charge < -0.3 is 10.3 Å². The standard InChI is InChI=1S/C14H9ClN2O2/c15-11-3-1-8(2-4-11)9-5-10(7-18)13-12(6-9)19-17-14(13)16/h1-7H,(H2,16,17). The molecule has 0 fully saturated rings. The van der Waals surface area contributed by atoms with Crippen LogP contribution in [0.5, 0.6) is 0 Å². The van der Waals surface area contributed by atoms with Gasteiger partial charge in [-0.2, -0.15) is 0 Å². The van der Waals surface area contributed by atoms with Gasteiger partial charge in [0.05, 0.1) is 5.39 Å². The minimum Gasteiger partial charge on any atom is -0.380 e. The summed E-state index contributed by atoms with van der Waals surface area (Å²) in [5, 5.41) is 4.88. The molecule has 0 saturated carbocycles. The molecular formula is C14H9ClN2O2. The smallest absolute Gasteiger partial charge is 0.175 e. The van der Waals surface area contributed by atoms with Crippen LogP contribution in [0.4, 0.5) is 5.82 Å². The summed E-state index contributed by atoms with van der Waals surface area (Å²) >= 11 is 5.85. The van der Waals surface area contributed by atoms with Gasteiger partial charge in [-0.15, -0.1) is 0 Å². The number of hydrogen-bond donors (Lipinski definition) is 1. The van der Waals surface area contributed by atoms with E-state index in [0.29, 0.717) is 21.6 Å². The first kappa shape index (κ1) is 11.7. The first-order valence-corrected chi connectivity index (χ1v) is 5.97. The Morgan fingerprint density at radius 3 is 2.58 bits per heavy atom. The van der Waals surface area contributed by atoms with E-state index >= 15 is 0 Å². The first-order chi connectivity index (χ1) is 9.19. The Bertz CT molecular complexity index is 763. The summed E-state index contributed by atoms with van der Waals surface area (Å²) in [6, 6.07) is 10.9. The fourth-order valence-corrected chi connectivity index (χ4v) is 2.16. The molecule has 94 valence electrons. The van der Waals surface area contributed by atoms with Crippen LogP contribution in [0.2, 0.25) is 5.02 Å². The molecule has 0 aliphatic carbocycles. The number of fused-ring (bicyclic) bond motifs is 1. The van der Waals surface area contributed by atoms with Crippen LogP contribution < -0.4 is 5.73 Å². The van der Waals surface area contributed by atoms with E-state index in [2.05, 4.69) is 5.16 Å². The fourth-order valence-electron chi connectivity index (χ4n) is 2.03. The Morgan fingerprint density at radius 1 is 1.16 bits per heavy atom. The molecule has 4 nitrogen and oxygen atoms in total. The predicted octanol–water partition coefficient (Wildman–Crippen LogP) is 3.54. The number of carbonyl (C=O) groups is 1. The molecule has 0 amide bonds. The van der Waals surface area contributed by atoms with Crippen molar-refractivity contribution in [3.05, 3.63) is 47.0 Å². The van der Waals surface area contributed by atoms with Gasteiger partial charge in [0.25, 0.3) is 0 Å². The number of nitrogen functional groups attached to an aromatic ring is 1. The van der Waals surface area contributed by atoms with Crippen molar-refractivity contribution in [3.63, 3.8) is 0 Å². The maximum atomic E-state index is 11.2. The predicted molar refractivity (Wildman–Crippen MR) is 74.3 cm³/mol. The largest absolute Gasteiger partial charge is 0.380 e. The molecule has 0 bridgehead atoms. The Kier molecular flexibility index (Phi) is 2.72. The molecule has 3 rings (SSSR count). The number of carbonyl (C=O) groups excluding carboxylic acids is 1. The third-order valence-electron chi connectivity index (χ3n) is 2.94. The summed E-state index contributed by atoms with van der Waals surface area (Å²) in [4.78, 5) is 11.2. The number of nitrogens with two attached hydrogens (primary N) is 1. The number of halogens is 1. The van der Waals surface area contributed by atoms with Crippen molar-refractivity contribution >= 4 is 34.7 Å². The number of rotatable bonds is 2. The molecule has 0 atom stereocenters. The molecule has 1 heterocycles. The number of nitrogens with zero attached hydrogens (tertiary/aromatic N) is 1. The highest BCUT2D eigenvalue weighted by atomic mass is 35.5. The van der Waals surface area contributed by atoms with Crippen molar-refractivity contribution in [1.29, 1.82) is 0 Å². The maximum absolute atomic E-state index is 11.2. The highest BCUT2D eigenvalue weighted by Gasteiger charge is 2.12. The zero-order valence-corrected chi connectivity index (χ0v) is 10.5. The molecule has 2 aromatic carbocycles. The normalized spacial score (nSPS) is 10.8. The zero-order valence-electron chi connectivity index (χ0n) is 9.76. The summed E-state index contributed by atoms with van der Waals surface area (Å²) in [7, 11) is 0. The third-order valence-corrected chi connectivity index (χ3v) is 3.19. The van der Waals surface area contributed by atoms with E-state index in [1.807, 2.05) is 12.1 Å². The van der Waals surface area contributed by atoms with Crippen LogP contribution in [-0.4, -0.2) is 11.4 Å². The second-order valence-corrected chi connectivity index (χ2v) is 4.57. The molecule has 0 aliphatic heterocycles. The van der Waals surface area contributed by atoms with Crippen LogP contribution in [0.1, 0.15) is 10.4 Å². The lowest BCUT2D eigenvalue weighted by Crippen LogP contribution is -1.89. The molecule has 0 saturated heterocycles. The van der Waals surface area contributed by atoms with Gasteiger partial charge in [-0.1, -0.05) is 28.9 Å². The first-order valence-electron chi connectivity index (χ1n) is 5.59. The van der Waals surface area contributed by atoms with E-state index in [1.54, 1.807) is 24.3 Å². The summed E-state index contributed by atoms with van der Waals surface area (Å²) in [6.45, 7) is 0. The van der Waals surface area contributed by atoms with E-state index in [-0.39, 0.29) is 5.82 Å². The fraction of sp³-hybridized carbons (Fsp3) is 0. The number of benzene rings is 2. The molecule has 5 heteroatoms. The molecule has 0 aliphatic rings. The van der Waals surface area contributed by atoms with Gasteiger partial charge in [0, 0.05) is 10.6 Å². The molecule has 1 aromatic heterocycles. The molecule has 19 heavy (non-hydrogen) atoms. The lowest BCUT2D eigenvalue weighted by molar-refractivity contribution is 0.112. The average molecular weight is 273 g/mol. The maximum Gasteiger partial charge on any atom is 0.175 e. The SMILES string of the molecule is Nc1noc2cc(-c3ccc(Cl)cc3)cc(C=O)c12. The van der Waals surface area contributed by atoms with Gasteiger partial charge in [-0.3, -0.25) is 4.79 Å². The van der Waals surface area contributed by atoms with E-state index in [4.69, 9.17) is 21.9 Å². The van der Waals surface area contributed by atoms with E-state index in [9.17, 15) is 4.79 Å². The van der Waals surface area contributed by atoms with Gasteiger partial charge in [-0.05, 0) is 35.4 Å². The Morgan fingerprint density at radius 2 is 1.89 bits per heavy atom. The Labute approximate surface area is 113 Å². The van der Waals surface area contributed by atoms with Crippen molar-refractivity contribution in [2.75, 3.05) is 5.73 Å². The summed E-state index contributed by atoms with van der Waals surface area (Å²) in [6.07, 6.45) is 0.745. The zero-order chi connectivity index (χ0) is 13.4. The minimum atomic E-state index is 0.222. The number of anilines is 1. The molecule has 0 unspecified atom stereocenters. The van der Waals surface area contributed by atoms with Gasteiger partial charge in [0.15, 0.2) is 17.7 Å². The summed E-state index contributed by atoms with van der Waals surface area (Å²) in [5.41, 5.74) is 8.42. The lowest BCUT2D eigenvalue weighted by atomic mass is 10.0. The van der Waals surface area contributed by atoms with Crippen LogP contribution in [0, 0.1) is 0 Å². The second-order valence-electron chi connectivity index (χ2n) is 4.13. The molecule has 0 spiro atoms. The topological polar surface area (TPSA) is 69.1 Å². The average Bonchev–Trinajstić information content (AvgIpc) is 2.80. The quantitative estimate of drug-likeness (QED) is 0.725. The highest BCUT2D eigenvalue weighted by Crippen LogP contribution is 2.30. The van der Waals surface area contributed by atoms with Crippen molar-refractivity contribution in [2.24, 2.45) is 0 Å². The van der Waals surface area contributed by atoms with Crippen LogP contribution in [0.3, 0.4) is 0 Å². The van der Waals surface area contributed by atoms with Crippen LogP contribution in [0.15, 0.2) is 40.9 Å².